The number of halogens is 4. The van der Waals surface area contributed by atoms with Gasteiger partial charge in [0.05, 0.1) is 9.47 Å². The Labute approximate surface area is 136 Å². The van der Waals surface area contributed by atoms with Crippen LogP contribution in [0.4, 0.5) is 18.9 Å². The SMILES string of the molecule is O=C(/C=C/c1ccc(Br)s1)Nc1ccccc1OC(F)(F)F. The summed E-state index contributed by atoms with van der Waals surface area (Å²) in [5.41, 5.74) is -0.0539. The van der Waals surface area contributed by atoms with E-state index in [0.29, 0.717) is 0 Å². The molecular weight excluding hydrogens is 383 g/mol. The zero-order valence-corrected chi connectivity index (χ0v) is 13.3. The summed E-state index contributed by atoms with van der Waals surface area (Å²) in [4.78, 5) is 12.6. The molecule has 0 aliphatic heterocycles. The first-order valence-corrected chi connectivity index (χ1v) is 7.53. The Hall–Kier alpha value is -1.80. The van der Waals surface area contributed by atoms with Crippen molar-refractivity contribution < 1.29 is 22.7 Å². The molecule has 116 valence electrons. The second kappa shape index (κ2) is 6.97. The minimum absolute atomic E-state index is 0.0539. The monoisotopic (exact) mass is 391 g/mol. The van der Waals surface area contributed by atoms with Crippen molar-refractivity contribution in [3.8, 4) is 5.75 Å². The number of ether oxygens (including phenoxy) is 1. The van der Waals surface area contributed by atoms with E-state index in [4.69, 9.17) is 0 Å². The van der Waals surface area contributed by atoms with Gasteiger partial charge in [0.1, 0.15) is 0 Å². The second-order valence-electron chi connectivity index (χ2n) is 4.01. The zero-order valence-electron chi connectivity index (χ0n) is 10.9. The van der Waals surface area contributed by atoms with Crippen LogP contribution in [0.15, 0.2) is 46.3 Å². The van der Waals surface area contributed by atoms with Gasteiger partial charge < -0.3 is 10.1 Å². The Bertz CT molecular complexity index is 697. The predicted molar refractivity (Wildman–Crippen MR) is 82.8 cm³/mol. The van der Waals surface area contributed by atoms with Crippen molar-refractivity contribution in [1.29, 1.82) is 0 Å². The molecule has 22 heavy (non-hydrogen) atoms. The Balaban J connectivity index is 2.07. The highest BCUT2D eigenvalue weighted by atomic mass is 79.9. The summed E-state index contributed by atoms with van der Waals surface area (Å²) in [5, 5.41) is 2.35. The largest absolute Gasteiger partial charge is 0.573 e. The van der Waals surface area contributed by atoms with Crippen LogP contribution in [-0.2, 0) is 4.79 Å². The van der Waals surface area contributed by atoms with Gasteiger partial charge in [-0.1, -0.05) is 12.1 Å². The molecule has 1 heterocycles. The summed E-state index contributed by atoms with van der Waals surface area (Å²) in [6.07, 6.45) is -2.01. The second-order valence-corrected chi connectivity index (χ2v) is 6.50. The Kier molecular flexibility index (Phi) is 5.25. The molecule has 1 amide bonds. The molecule has 1 aromatic heterocycles. The first-order chi connectivity index (χ1) is 10.3. The number of hydrogen-bond acceptors (Lipinski definition) is 3. The van der Waals surface area contributed by atoms with E-state index in [-0.39, 0.29) is 5.69 Å². The lowest BCUT2D eigenvalue weighted by Crippen LogP contribution is -2.19. The lowest BCUT2D eigenvalue weighted by molar-refractivity contribution is -0.274. The van der Waals surface area contributed by atoms with E-state index in [0.717, 1.165) is 14.7 Å². The fourth-order valence-electron chi connectivity index (χ4n) is 1.53. The fourth-order valence-corrected chi connectivity index (χ4v) is 2.86. The number of benzene rings is 1. The summed E-state index contributed by atoms with van der Waals surface area (Å²) in [6, 6.07) is 8.97. The maximum atomic E-state index is 12.3. The van der Waals surface area contributed by atoms with Gasteiger partial charge in [0.25, 0.3) is 0 Å². The molecule has 1 N–H and O–H groups in total. The topological polar surface area (TPSA) is 38.3 Å². The van der Waals surface area contributed by atoms with Crippen LogP contribution < -0.4 is 10.1 Å². The van der Waals surface area contributed by atoms with Crippen molar-refractivity contribution in [2.24, 2.45) is 0 Å². The molecule has 8 heteroatoms. The number of alkyl halides is 3. The van der Waals surface area contributed by atoms with E-state index in [2.05, 4.69) is 26.0 Å². The van der Waals surface area contributed by atoms with Gasteiger partial charge in [0.2, 0.25) is 5.91 Å². The van der Waals surface area contributed by atoms with Gasteiger partial charge in [-0.25, -0.2) is 0 Å². The summed E-state index contributed by atoms with van der Waals surface area (Å²) in [5.74, 6) is -1.02. The Morgan fingerprint density at radius 1 is 1.23 bits per heavy atom. The fraction of sp³-hybridized carbons (Fsp3) is 0.0714. The molecule has 0 saturated carbocycles. The highest BCUT2D eigenvalue weighted by molar-refractivity contribution is 9.11. The van der Waals surface area contributed by atoms with Crippen molar-refractivity contribution in [1.82, 2.24) is 0 Å². The normalized spacial score (nSPS) is 11.6. The summed E-state index contributed by atoms with van der Waals surface area (Å²) >= 11 is 4.71. The maximum absolute atomic E-state index is 12.3. The van der Waals surface area contributed by atoms with E-state index >= 15 is 0 Å². The van der Waals surface area contributed by atoms with E-state index in [1.165, 1.54) is 35.6 Å². The number of hydrogen-bond donors (Lipinski definition) is 1. The van der Waals surface area contributed by atoms with E-state index in [1.807, 2.05) is 6.07 Å². The number of thiophene rings is 1. The molecule has 0 spiro atoms. The van der Waals surface area contributed by atoms with Crippen LogP contribution in [0.1, 0.15) is 4.88 Å². The van der Waals surface area contributed by atoms with Crippen molar-refractivity contribution in [2.45, 2.75) is 6.36 Å². The van der Waals surface area contributed by atoms with Gasteiger partial charge in [-0.3, -0.25) is 4.79 Å². The Morgan fingerprint density at radius 3 is 2.59 bits per heavy atom. The molecule has 0 bridgehead atoms. The highest BCUT2D eigenvalue weighted by Gasteiger charge is 2.32. The maximum Gasteiger partial charge on any atom is 0.573 e. The van der Waals surface area contributed by atoms with Gasteiger partial charge >= 0.3 is 6.36 Å². The molecule has 0 fully saturated rings. The van der Waals surface area contributed by atoms with Crippen molar-refractivity contribution in [3.05, 3.63) is 51.1 Å². The molecule has 2 aromatic rings. The first kappa shape index (κ1) is 16.6. The number of amides is 1. The molecule has 0 aliphatic rings. The molecule has 1 aromatic carbocycles. The van der Waals surface area contributed by atoms with Gasteiger partial charge in [0.15, 0.2) is 5.75 Å². The van der Waals surface area contributed by atoms with E-state index < -0.39 is 18.0 Å². The van der Waals surface area contributed by atoms with Crippen LogP contribution in [0.3, 0.4) is 0 Å². The van der Waals surface area contributed by atoms with Gasteiger partial charge in [-0.2, -0.15) is 0 Å². The summed E-state index contributed by atoms with van der Waals surface area (Å²) < 4.78 is 41.6. The van der Waals surface area contributed by atoms with Crippen LogP contribution in [0.25, 0.3) is 6.08 Å². The first-order valence-electron chi connectivity index (χ1n) is 5.93. The van der Waals surface area contributed by atoms with Crippen molar-refractivity contribution in [3.63, 3.8) is 0 Å². The standard InChI is InChI=1S/C14H9BrF3NO2S/c15-12-7-5-9(22-12)6-8-13(20)19-10-3-1-2-4-11(10)21-14(16,17)18/h1-8H,(H,19,20)/b8-6+. The van der Waals surface area contributed by atoms with Crippen LogP contribution in [0, 0.1) is 0 Å². The van der Waals surface area contributed by atoms with Gasteiger partial charge in [-0.05, 0) is 46.3 Å². The Morgan fingerprint density at radius 2 is 1.95 bits per heavy atom. The van der Waals surface area contributed by atoms with Crippen LogP contribution in [-0.4, -0.2) is 12.3 Å². The molecule has 0 radical (unpaired) electrons. The molecule has 0 aliphatic carbocycles. The summed E-state index contributed by atoms with van der Waals surface area (Å²) in [7, 11) is 0. The average Bonchev–Trinajstić information content (AvgIpc) is 2.83. The van der Waals surface area contributed by atoms with Crippen LogP contribution in [0.5, 0.6) is 5.75 Å². The van der Waals surface area contributed by atoms with Crippen LogP contribution in [0.2, 0.25) is 0 Å². The van der Waals surface area contributed by atoms with E-state index in [9.17, 15) is 18.0 Å². The molecule has 0 unspecified atom stereocenters. The number of para-hydroxylation sites is 2. The zero-order chi connectivity index (χ0) is 16.2. The quantitative estimate of drug-likeness (QED) is 0.739. The number of rotatable bonds is 4. The number of nitrogens with one attached hydrogen (secondary N) is 1. The summed E-state index contributed by atoms with van der Waals surface area (Å²) in [6.45, 7) is 0. The minimum atomic E-state index is -4.82. The lowest BCUT2D eigenvalue weighted by Gasteiger charge is -2.12. The third-order valence-electron chi connectivity index (χ3n) is 2.36. The van der Waals surface area contributed by atoms with Crippen molar-refractivity contribution in [2.75, 3.05) is 5.32 Å². The molecule has 3 nitrogen and oxygen atoms in total. The van der Waals surface area contributed by atoms with Gasteiger partial charge in [-0.15, -0.1) is 24.5 Å². The number of carbonyl (C=O) groups is 1. The third kappa shape index (κ3) is 5.19. The highest BCUT2D eigenvalue weighted by Crippen LogP contribution is 2.30. The number of anilines is 1. The number of carbonyl (C=O) groups excluding carboxylic acids is 1. The molecule has 2 rings (SSSR count). The average molecular weight is 392 g/mol. The molecular formula is C14H9BrF3NO2S. The predicted octanol–water partition coefficient (Wildman–Crippen LogP) is 5.06. The lowest BCUT2D eigenvalue weighted by atomic mass is 10.3. The van der Waals surface area contributed by atoms with Crippen LogP contribution >= 0.6 is 27.3 Å². The minimum Gasteiger partial charge on any atom is -0.404 e. The smallest absolute Gasteiger partial charge is 0.404 e. The third-order valence-corrected chi connectivity index (χ3v) is 3.95. The van der Waals surface area contributed by atoms with Crippen molar-refractivity contribution >= 4 is 44.9 Å². The molecule has 0 atom stereocenters. The van der Waals surface area contributed by atoms with Gasteiger partial charge in [0, 0.05) is 11.0 Å². The van der Waals surface area contributed by atoms with E-state index in [1.54, 1.807) is 12.1 Å². The molecule has 0 saturated heterocycles.